The van der Waals surface area contributed by atoms with Gasteiger partial charge in [-0.2, -0.15) is 0 Å². The number of hydrogen-bond donors (Lipinski definition) is 2. The fraction of sp³-hybridized carbons (Fsp3) is 0.533. The molecular formula is C15H25N3O4S. The van der Waals surface area contributed by atoms with Gasteiger partial charge in [-0.15, -0.1) is 0 Å². The molecule has 0 amide bonds. The third-order valence-corrected chi connectivity index (χ3v) is 3.89. The van der Waals surface area contributed by atoms with Crippen molar-refractivity contribution in [2.45, 2.75) is 6.54 Å². The minimum absolute atomic E-state index is 0.0391. The Bertz CT molecular complexity index is 585. The van der Waals surface area contributed by atoms with Crippen LogP contribution in [0.5, 0.6) is 5.75 Å². The van der Waals surface area contributed by atoms with E-state index in [4.69, 9.17) is 9.47 Å². The molecule has 2 N–H and O–H groups in total. The number of nitrogens with one attached hydrogen (secondary N) is 2. The first-order valence-electron chi connectivity index (χ1n) is 7.27. The van der Waals surface area contributed by atoms with E-state index in [9.17, 15) is 8.42 Å². The highest BCUT2D eigenvalue weighted by Gasteiger charge is 2.02. The Kier molecular flexibility index (Phi) is 8.42. The van der Waals surface area contributed by atoms with E-state index in [1.54, 1.807) is 14.2 Å². The van der Waals surface area contributed by atoms with Crippen molar-refractivity contribution in [1.29, 1.82) is 0 Å². The molecule has 0 aromatic heterocycles. The minimum Gasteiger partial charge on any atom is -0.497 e. The SMILES string of the molecule is CN=C(NCCOCCS(C)(=O)=O)NCc1ccc(OC)cc1. The monoisotopic (exact) mass is 343 g/mol. The molecular weight excluding hydrogens is 318 g/mol. The summed E-state index contributed by atoms with van der Waals surface area (Å²) in [5, 5.41) is 6.28. The average molecular weight is 343 g/mol. The zero-order chi connectivity index (χ0) is 17.1. The maximum Gasteiger partial charge on any atom is 0.191 e. The van der Waals surface area contributed by atoms with Crippen LogP contribution < -0.4 is 15.4 Å². The molecule has 0 saturated heterocycles. The molecule has 0 spiro atoms. The van der Waals surface area contributed by atoms with Gasteiger partial charge in [0.1, 0.15) is 15.6 Å². The molecule has 7 nitrogen and oxygen atoms in total. The molecule has 130 valence electrons. The Morgan fingerprint density at radius 3 is 2.43 bits per heavy atom. The maximum absolute atomic E-state index is 10.9. The van der Waals surface area contributed by atoms with Gasteiger partial charge in [0, 0.05) is 26.4 Å². The van der Waals surface area contributed by atoms with Crippen LogP contribution in [0.2, 0.25) is 0 Å². The number of sulfone groups is 1. The molecule has 0 bridgehead atoms. The van der Waals surface area contributed by atoms with Crippen molar-refractivity contribution in [3.8, 4) is 5.75 Å². The van der Waals surface area contributed by atoms with E-state index in [0.717, 1.165) is 11.3 Å². The molecule has 1 aromatic carbocycles. The molecule has 0 atom stereocenters. The van der Waals surface area contributed by atoms with E-state index in [0.29, 0.717) is 25.7 Å². The van der Waals surface area contributed by atoms with Crippen LogP contribution in [0, 0.1) is 0 Å². The average Bonchev–Trinajstić information content (AvgIpc) is 2.53. The van der Waals surface area contributed by atoms with Gasteiger partial charge >= 0.3 is 0 Å². The Labute approximate surface area is 138 Å². The first kappa shape index (κ1) is 19.2. The summed E-state index contributed by atoms with van der Waals surface area (Å²) in [7, 11) is 0.357. The lowest BCUT2D eigenvalue weighted by Crippen LogP contribution is -2.38. The summed E-state index contributed by atoms with van der Waals surface area (Å²) in [6, 6.07) is 7.77. The number of benzene rings is 1. The summed E-state index contributed by atoms with van der Waals surface area (Å²) >= 11 is 0. The van der Waals surface area contributed by atoms with Gasteiger partial charge in [0.15, 0.2) is 5.96 Å². The number of methoxy groups -OCH3 is 1. The van der Waals surface area contributed by atoms with Crippen molar-refractivity contribution in [2.24, 2.45) is 4.99 Å². The van der Waals surface area contributed by atoms with Gasteiger partial charge in [-0.05, 0) is 17.7 Å². The van der Waals surface area contributed by atoms with Gasteiger partial charge in [-0.3, -0.25) is 4.99 Å². The Hall–Kier alpha value is -1.80. The quantitative estimate of drug-likeness (QED) is 0.384. The highest BCUT2D eigenvalue weighted by atomic mass is 32.2. The Balaban J connectivity index is 2.21. The summed E-state index contributed by atoms with van der Waals surface area (Å²) in [6.45, 7) is 1.81. The zero-order valence-electron chi connectivity index (χ0n) is 13.8. The van der Waals surface area contributed by atoms with E-state index in [1.165, 1.54) is 6.26 Å². The first-order chi connectivity index (χ1) is 10.9. The van der Waals surface area contributed by atoms with Crippen LogP contribution in [0.1, 0.15) is 5.56 Å². The van der Waals surface area contributed by atoms with Crippen molar-refractivity contribution in [2.75, 3.05) is 45.9 Å². The molecule has 0 saturated carbocycles. The van der Waals surface area contributed by atoms with Crippen molar-refractivity contribution >= 4 is 15.8 Å². The van der Waals surface area contributed by atoms with E-state index < -0.39 is 9.84 Å². The van der Waals surface area contributed by atoms with Crippen LogP contribution in [0.4, 0.5) is 0 Å². The number of ether oxygens (including phenoxy) is 2. The van der Waals surface area contributed by atoms with Crippen molar-refractivity contribution < 1.29 is 17.9 Å². The standard InChI is InChI=1S/C15H25N3O4S/c1-16-15(17-8-9-22-10-11-23(3,19)20)18-12-13-4-6-14(21-2)7-5-13/h4-7H,8-12H2,1-3H3,(H2,16,17,18). The number of hydrogen-bond acceptors (Lipinski definition) is 5. The van der Waals surface area contributed by atoms with Gasteiger partial charge in [0.05, 0.1) is 26.1 Å². The number of guanidine groups is 1. The lowest BCUT2D eigenvalue weighted by molar-refractivity contribution is 0.154. The highest BCUT2D eigenvalue weighted by molar-refractivity contribution is 7.90. The normalized spacial score (nSPS) is 12.0. The lowest BCUT2D eigenvalue weighted by atomic mass is 10.2. The van der Waals surface area contributed by atoms with Gasteiger partial charge in [0.2, 0.25) is 0 Å². The summed E-state index contributed by atoms with van der Waals surface area (Å²) in [6.07, 6.45) is 1.19. The van der Waals surface area contributed by atoms with E-state index in [2.05, 4.69) is 15.6 Å². The summed E-state index contributed by atoms with van der Waals surface area (Å²) in [4.78, 5) is 4.11. The van der Waals surface area contributed by atoms with Crippen molar-refractivity contribution in [1.82, 2.24) is 10.6 Å². The van der Waals surface area contributed by atoms with Crippen molar-refractivity contribution in [3.63, 3.8) is 0 Å². The molecule has 1 aromatic rings. The molecule has 0 aliphatic rings. The molecule has 23 heavy (non-hydrogen) atoms. The van der Waals surface area contributed by atoms with Crippen LogP contribution in [-0.2, 0) is 21.1 Å². The Morgan fingerprint density at radius 1 is 1.17 bits per heavy atom. The summed E-state index contributed by atoms with van der Waals surface area (Å²) in [5.74, 6) is 1.52. The molecule has 0 aliphatic heterocycles. The maximum atomic E-state index is 10.9. The molecule has 0 unspecified atom stereocenters. The molecule has 0 heterocycles. The minimum atomic E-state index is -2.97. The molecule has 1 rings (SSSR count). The Morgan fingerprint density at radius 2 is 1.87 bits per heavy atom. The van der Waals surface area contributed by atoms with Crippen LogP contribution in [0.3, 0.4) is 0 Å². The lowest BCUT2D eigenvalue weighted by Gasteiger charge is -2.12. The van der Waals surface area contributed by atoms with Crippen LogP contribution in [0.15, 0.2) is 29.3 Å². The van der Waals surface area contributed by atoms with Gasteiger partial charge in [-0.1, -0.05) is 12.1 Å². The molecule has 0 radical (unpaired) electrons. The smallest absolute Gasteiger partial charge is 0.191 e. The van der Waals surface area contributed by atoms with Crippen LogP contribution >= 0.6 is 0 Å². The number of aliphatic imine (C=N–C) groups is 1. The highest BCUT2D eigenvalue weighted by Crippen LogP contribution is 2.10. The number of nitrogens with zero attached hydrogens (tertiary/aromatic N) is 1. The van der Waals surface area contributed by atoms with E-state index in [-0.39, 0.29) is 12.4 Å². The third kappa shape index (κ3) is 9.04. The number of rotatable bonds is 9. The fourth-order valence-electron chi connectivity index (χ4n) is 1.70. The van der Waals surface area contributed by atoms with E-state index >= 15 is 0 Å². The molecule has 0 aliphatic carbocycles. The second-order valence-corrected chi connectivity index (χ2v) is 7.20. The fourth-order valence-corrected chi connectivity index (χ4v) is 2.12. The molecule has 0 fully saturated rings. The summed E-state index contributed by atoms with van der Waals surface area (Å²) in [5.41, 5.74) is 1.11. The second-order valence-electron chi connectivity index (χ2n) is 4.94. The second kappa shape index (κ2) is 10.1. The molecule has 8 heteroatoms. The van der Waals surface area contributed by atoms with E-state index in [1.807, 2.05) is 24.3 Å². The van der Waals surface area contributed by atoms with Gasteiger partial charge in [0.25, 0.3) is 0 Å². The van der Waals surface area contributed by atoms with Crippen molar-refractivity contribution in [3.05, 3.63) is 29.8 Å². The third-order valence-electron chi connectivity index (χ3n) is 2.98. The largest absolute Gasteiger partial charge is 0.497 e. The van der Waals surface area contributed by atoms with Crippen LogP contribution in [-0.4, -0.2) is 60.3 Å². The van der Waals surface area contributed by atoms with Gasteiger partial charge < -0.3 is 20.1 Å². The van der Waals surface area contributed by atoms with Gasteiger partial charge in [-0.25, -0.2) is 8.42 Å². The topological polar surface area (TPSA) is 89.0 Å². The zero-order valence-corrected chi connectivity index (χ0v) is 14.6. The first-order valence-corrected chi connectivity index (χ1v) is 9.33. The summed E-state index contributed by atoms with van der Waals surface area (Å²) < 4.78 is 32.3. The predicted octanol–water partition coefficient (Wildman–Crippen LogP) is 0.421. The van der Waals surface area contributed by atoms with Crippen LogP contribution in [0.25, 0.3) is 0 Å². The predicted molar refractivity (Wildman–Crippen MR) is 91.7 cm³/mol.